The molecule has 0 unspecified atom stereocenters. The van der Waals surface area contributed by atoms with Crippen LogP contribution in [-0.4, -0.2) is 10.2 Å². The highest BCUT2D eigenvalue weighted by atomic mass is 32.2. The van der Waals surface area contributed by atoms with Crippen LogP contribution >= 0.6 is 23.1 Å². The molecule has 2 heterocycles. The van der Waals surface area contributed by atoms with Crippen molar-refractivity contribution in [2.45, 2.75) is 16.6 Å². The molecule has 0 amide bonds. The second kappa shape index (κ2) is 8.21. The first-order valence-electron chi connectivity index (χ1n) is 8.24. The van der Waals surface area contributed by atoms with Crippen LogP contribution in [0.2, 0.25) is 0 Å². The first-order valence-corrected chi connectivity index (χ1v) is 10.0. The van der Waals surface area contributed by atoms with Crippen LogP contribution < -0.4 is 5.32 Å². The predicted octanol–water partition coefficient (Wildman–Crippen LogP) is 5.70. The summed E-state index contributed by atoms with van der Waals surface area (Å²) in [6.45, 7) is 0.618. The van der Waals surface area contributed by atoms with Crippen molar-refractivity contribution in [1.82, 2.24) is 10.2 Å². The first-order chi connectivity index (χ1) is 12.9. The Morgan fingerprint density at radius 3 is 2.46 bits per heavy atom. The normalized spacial score (nSPS) is 10.8. The molecule has 2 aromatic carbocycles. The number of anilines is 1. The SMILES string of the molecule is c1ccc(-c2ccc(CSc3nnc(NCc4ccco4)s3)cc2)cc1. The Balaban J connectivity index is 1.31. The fourth-order valence-corrected chi connectivity index (χ4v) is 4.19. The Labute approximate surface area is 160 Å². The summed E-state index contributed by atoms with van der Waals surface area (Å²) in [5.74, 6) is 1.76. The second-order valence-corrected chi connectivity index (χ2v) is 7.86. The van der Waals surface area contributed by atoms with Crippen molar-refractivity contribution in [3.05, 3.63) is 84.3 Å². The van der Waals surface area contributed by atoms with Gasteiger partial charge in [-0.15, -0.1) is 10.2 Å². The van der Waals surface area contributed by atoms with Crippen LogP contribution in [0, 0.1) is 0 Å². The fourth-order valence-electron chi connectivity index (χ4n) is 2.48. The van der Waals surface area contributed by atoms with Crippen LogP contribution in [0.1, 0.15) is 11.3 Å². The van der Waals surface area contributed by atoms with E-state index in [9.17, 15) is 0 Å². The molecule has 0 fully saturated rings. The summed E-state index contributed by atoms with van der Waals surface area (Å²) in [4.78, 5) is 0. The maximum Gasteiger partial charge on any atom is 0.206 e. The highest BCUT2D eigenvalue weighted by molar-refractivity contribution is 8.00. The van der Waals surface area contributed by atoms with Gasteiger partial charge in [0.15, 0.2) is 4.34 Å². The Kier molecular flexibility index (Phi) is 5.33. The molecule has 0 bridgehead atoms. The van der Waals surface area contributed by atoms with E-state index in [1.165, 1.54) is 16.7 Å². The molecule has 0 aliphatic rings. The lowest BCUT2D eigenvalue weighted by molar-refractivity contribution is 0.518. The molecule has 0 aliphatic heterocycles. The molecule has 6 heteroatoms. The molecule has 130 valence electrons. The number of benzene rings is 2. The molecule has 1 N–H and O–H groups in total. The lowest BCUT2D eigenvalue weighted by Crippen LogP contribution is -1.96. The van der Waals surface area contributed by atoms with Gasteiger partial charge in [0, 0.05) is 5.75 Å². The van der Waals surface area contributed by atoms with Gasteiger partial charge in [0.05, 0.1) is 12.8 Å². The number of nitrogens with zero attached hydrogens (tertiary/aromatic N) is 2. The number of hydrogen-bond acceptors (Lipinski definition) is 6. The molecular formula is C20H17N3OS2. The van der Waals surface area contributed by atoms with Crippen LogP contribution in [0.3, 0.4) is 0 Å². The van der Waals surface area contributed by atoms with E-state index >= 15 is 0 Å². The summed E-state index contributed by atoms with van der Waals surface area (Å²) in [5, 5.41) is 12.4. The highest BCUT2D eigenvalue weighted by Gasteiger charge is 2.06. The minimum absolute atomic E-state index is 0.618. The van der Waals surface area contributed by atoms with E-state index in [0.29, 0.717) is 6.54 Å². The van der Waals surface area contributed by atoms with Crippen molar-refractivity contribution < 1.29 is 4.42 Å². The van der Waals surface area contributed by atoms with Crippen LogP contribution in [0.15, 0.2) is 81.8 Å². The number of aromatic nitrogens is 2. The smallest absolute Gasteiger partial charge is 0.206 e. The van der Waals surface area contributed by atoms with Gasteiger partial charge < -0.3 is 9.73 Å². The summed E-state index contributed by atoms with van der Waals surface area (Å²) < 4.78 is 6.26. The van der Waals surface area contributed by atoms with Crippen molar-refractivity contribution in [1.29, 1.82) is 0 Å². The summed E-state index contributed by atoms with van der Waals surface area (Å²) in [6.07, 6.45) is 1.67. The zero-order valence-electron chi connectivity index (χ0n) is 14.0. The Morgan fingerprint density at radius 2 is 1.69 bits per heavy atom. The van der Waals surface area contributed by atoms with Gasteiger partial charge in [0.25, 0.3) is 0 Å². The van der Waals surface area contributed by atoms with Gasteiger partial charge in [-0.05, 0) is 28.8 Å². The molecule has 0 saturated heterocycles. The summed E-state index contributed by atoms with van der Waals surface area (Å²) in [7, 11) is 0. The largest absolute Gasteiger partial charge is 0.467 e. The first kappa shape index (κ1) is 16.9. The lowest BCUT2D eigenvalue weighted by atomic mass is 10.0. The van der Waals surface area contributed by atoms with Crippen LogP contribution in [0.5, 0.6) is 0 Å². The van der Waals surface area contributed by atoms with Gasteiger partial charge in [-0.25, -0.2) is 0 Å². The quantitative estimate of drug-likeness (QED) is 0.417. The highest BCUT2D eigenvalue weighted by Crippen LogP contribution is 2.29. The zero-order valence-corrected chi connectivity index (χ0v) is 15.6. The Hall–Kier alpha value is -2.57. The average Bonchev–Trinajstić information content (AvgIpc) is 3.38. The third-order valence-electron chi connectivity index (χ3n) is 3.82. The van der Waals surface area contributed by atoms with Gasteiger partial charge in [0.2, 0.25) is 5.13 Å². The monoisotopic (exact) mass is 379 g/mol. The maximum absolute atomic E-state index is 5.30. The van der Waals surface area contributed by atoms with E-state index in [2.05, 4.69) is 64.0 Å². The Bertz CT molecular complexity index is 935. The van der Waals surface area contributed by atoms with E-state index < -0.39 is 0 Å². The summed E-state index contributed by atoms with van der Waals surface area (Å²) in [6, 6.07) is 22.9. The molecule has 0 radical (unpaired) electrons. The number of rotatable bonds is 7. The number of thioether (sulfide) groups is 1. The van der Waals surface area contributed by atoms with Crippen LogP contribution in [0.25, 0.3) is 11.1 Å². The molecule has 0 aliphatic carbocycles. The molecule has 0 saturated carbocycles. The third-order valence-corrected chi connectivity index (χ3v) is 5.91. The van der Waals surface area contributed by atoms with E-state index in [0.717, 1.165) is 21.0 Å². The van der Waals surface area contributed by atoms with E-state index in [4.69, 9.17) is 4.42 Å². The molecule has 26 heavy (non-hydrogen) atoms. The number of furan rings is 1. The third kappa shape index (κ3) is 4.33. The number of nitrogens with one attached hydrogen (secondary N) is 1. The van der Waals surface area contributed by atoms with Crippen molar-refractivity contribution in [2.75, 3.05) is 5.32 Å². The van der Waals surface area contributed by atoms with Crippen molar-refractivity contribution >= 4 is 28.2 Å². The molecule has 4 nitrogen and oxygen atoms in total. The van der Waals surface area contributed by atoms with E-state index in [-0.39, 0.29) is 0 Å². The minimum Gasteiger partial charge on any atom is -0.467 e. The second-order valence-electron chi connectivity index (χ2n) is 5.66. The van der Waals surface area contributed by atoms with Gasteiger partial charge >= 0.3 is 0 Å². The van der Waals surface area contributed by atoms with Crippen molar-refractivity contribution in [2.24, 2.45) is 0 Å². The van der Waals surface area contributed by atoms with E-state index in [1.54, 1.807) is 29.4 Å². The molecule has 0 spiro atoms. The van der Waals surface area contributed by atoms with Gasteiger partial charge in [-0.1, -0.05) is 77.7 Å². The lowest BCUT2D eigenvalue weighted by Gasteiger charge is -2.03. The minimum atomic E-state index is 0.618. The van der Waals surface area contributed by atoms with Gasteiger partial charge in [-0.3, -0.25) is 0 Å². The van der Waals surface area contributed by atoms with Gasteiger partial charge in [-0.2, -0.15) is 0 Å². The van der Waals surface area contributed by atoms with Crippen molar-refractivity contribution in [3.8, 4) is 11.1 Å². The Morgan fingerprint density at radius 1 is 0.885 bits per heavy atom. The molecule has 4 aromatic rings. The van der Waals surface area contributed by atoms with Crippen LogP contribution in [-0.2, 0) is 12.3 Å². The van der Waals surface area contributed by atoms with E-state index in [1.807, 2.05) is 18.2 Å². The topological polar surface area (TPSA) is 51.0 Å². The fraction of sp³-hybridized carbons (Fsp3) is 0.100. The van der Waals surface area contributed by atoms with Crippen LogP contribution in [0.4, 0.5) is 5.13 Å². The van der Waals surface area contributed by atoms with Crippen molar-refractivity contribution in [3.63, 3.8) is 0 Å². The molecular weight excluding hydrogens is 362 g/mol. The summed E-state index contributed by atoms with van der Waals surface area (Å²) in [5.41, 5.74) is 3.75. The maximum atomic E-state index is 5.30. The number of hydrogen-bond donors (Lipinski definition) is 1. The predicted molar refractivity (Wildman–Crippen MR) is 107 cm³/mol. The standard InChI is InChI=1S/C20H17N3OS2/c1-2-5-16(6-3-1)17-10-8-15(9-11-17)14-25-20-23-22-19(26-20)21-13-18-7-4-12-24-18/h1-12H,13-14H2,(H,21,22). The molecule has 2 aromatic heterocycles. The van der Waals surface area contributed by atoms with Gasteiger partial charge in [0.1, 0.15) is 5.76 Å². The molecule has 4 rings (SSSR count). The zero-order chi connectivity index (χ0) is 17.6. The molecule has 0 atom stereocenters. The summed E-state index contributed by atoms with van der Waals surface area (Å²) >= 11 is 3.26. The average molecular weight is 380 g/mol.